The minimum atomic E-state index is -0.456. The van der Waals surface area contributed by atoms with Gasteiger partial charge >= 0.3 is 6.03 Å². The first-order valence-corrected chi connectivity index (χ1v) is 9.21. The van der Waals surface area contributed by atoms with Crippen LogP contribution >= 0.6 is 11.6 Å². The Hall–Kier alpha value is -2.99. The van der Waals surface area contributed by atoms with E-state index in [1.165, 1.54) is 12.0 Å². The Morgan fingerprint density at radius 3 is 2.68 bits per heavy atom. The van der Waals surface area contributed by atoms with Gasteiger partial charge in [-0.3, -0.25) is 9.69 Å². The minimum absolute atomic E-state index is 0.182. The molecule has 28 heavy (non-hydrogen) atoms. The Morgan fingerprint density at radius 2 is 2.00 bits per heavy atom. The number of hydrogen-bond acceptors (Lipinski definition) is 4. The molecule has 6 nitrogen and oxygen atoms in total. The highest BCUT2D eigenvalue weighted by atomic mass is 35.5. The van der Waals surface area contributed by atoms with Crippen molar-refractivity contribution in [2.75, 3.05) is 13.7 Å². The number of ether oxygens (including phenoxy) is 2. The van der Waals surface area contributed by atoms with Gasteiger partial charge in [-0.25, -0.2) is 4.79 Å². The van der Waals surface area contributed by atoms with Crippen LogP contribution in [0.25, 0.3) is 6.08 Å². The van der Waals surface area contributed by atoms with E-state index in [-0.39, 0.29) is 12.2 Å². The van der Waals surface area contributed by atoms with Crippen molar-refractivity contribution in [1.82, 2.24) is 10.2 Å². The molecule has 2 aromatic rings. The smallest absolute Gasteiger partial charge is 0.329 e. The monoisotopic (exact) mass is 400 g/mol. The van der Waals surface area contributed by atoms with Crippen LogP contribution in [0.15, 0.2) is 42.1 Å². The number of nitrogens with zero attached hydrogens (tertiary/aromatic N) is 1. The Bertz CT molecular complexity index is 955. The van der Waals surface area contributed by atoms with E-state index in [4.69, 9.17) is 21.1 Å². The van der Waals surface area contributed by atoms with Crippen molar-refractivity contribution in [3.63, 3.8) is 0 Å². The standard InChI is InChI=1S/C21H21ClN2O4/c1-4-28-18-11-15(9-16(22)19(18)27-3)10-17-20(25)24(21(26)23-17)12-14-7-5-6-13(2)8-14/h5-11H,4,12H2,1-3H3,(H,23,26)/b17-10+. The van der Waals surface area contributed by atoms with Gasteiger partial charge in [-0.2, -0.15) is 0 Å². The predicted octanol–water partition coefficient (Wildman–Crippen LogP) is 4.15. The lowest BCUT2D eigenvalue weighted by atomic mass is 10.1. The molecule has 0 saturated carbocycles. The molecule has 1 aliphatic heterocycles. The lowest BCUT2D eigenvalue weighted by Crippen LogP contribution is -2.30. The summed E-state index contributed by atoms with van der Waals surface area (Å²) in [7, 11) is 1.51. The van der Waals surface area contributed by atoms with E-state index in [2.05, 4.69) is 5.32 Å². The number of amides is 3. The number of carbonyl (C=O) groups is 2. The highest BCUT2D eigenvalue weighted by molar-refractivity contribution is 6.32. The number of carbonyl (C=O) groups excluding carboxylic acids is 2. The summed E-state index contributed by atoms with van der Waals surface area (Å²) in [4.78, 5) is 26.2. The van der Waals surface area contributed by atoms with E-state index < -0.39 is 11.9 Å². The molecule has 0 radical (unpaired) electrons. The van der Waals surface area contributed by atoms with E-state index in [1.807, 2.05) is 38.1 Å². The Morgan fingerprint density at radius 1 is 1.21 bits per heavy atom. The molecule has 0 aliphatic carbocycles. The number of nitrogens with one attached hydrogen (secondary N) is 1. The highest BCUT2D eigenvalue weighted by Gasteiger charge is 2.33. The number of hydrogen-bond donors (Lipinski definition) is 1. The molecule has 1 N–H and O–H groups in total. The molecule has 1 aliphatic rings. The molecule has 0 aromatic heterocycles. The zero-order chi connectivity index (χ0) is 20.3. The van der Waals surface area contributed by atoms with Crippen molar-refractivity contribution in [3.05, 3.63) is 63.8 Å². The van der Waals surface area contributed by atoms with Gasteiger partial charge in [0.25, 0.3) is 5.91 Å². The normalized spacial score (nSPS) is 15.1. The van der Waals surface area contributed by atoms with Crippen molar-refractivity contribution < 1.29 is 19.1 Å². The molecule has 0 bridgehead atoms. The van der Waals surface area contributed by atoms with Crippen LogP contribution in [-0.2, 0) is 11.3 Å². The predicted molar refractivity (Wildman–Crippen MR) is 107 cm³/mol. The number of benzene rings is 2. The first-order chi connectivity index (χ1) is 13.4. The molecule has 0 spiro atoms. The molecular formula is C21H21ClN2O4. The Kier molecular flexibility index (Phi) is 5.90. The fourth-order valence-corrected chi connectivity index (χ4v) is 3.30. The summed E-state index contributed by atoms with van der Waals surface area (Å²) < 4.78 is 10.8. The summed E-state index contributed by atoms with van der Waals surface area (Å²) in [5, 5.41) is 2.98. The lowest BCUT2D eigenvalue weighted by molar-refractivity contribution is -0.123. The number of methoxy groups -OCH3 is 1. The van der Waals surface area contributed by atoms with Gasteiger partial charge in [0.2, 0.25) is 0 Å². The quantitative estimate of drug-likeness (QED) is 0.584. The van der Waals surface area contributed by atoms with Gasteiger partial charge in [-0.15, -0.1) is 0 Å². The van der Waals surface area contributed by atoms with Crippen LogP contribution in [0.2, 0.25) is 5.02 Å². The maximum absolute atomic E-state index is 12.7. The third-order valence-corrected chi connectivity index (χ3v) is 4.51. The van der Waals surface area contributed by atoms with E-state index >= 15 is 0 Å². The Balaban J connectivity index is 1.87. The van der Waals surface area contributed by atoms with Crippen LogP contribution in [0.1, 0.15) is 23.6 Å². The van der Waals surface area contributed by atoms with Crippen LogP contribution in [0.3, 0.4) is 0 Å². The summed E-state index contributed by atoms with van der Waals surface area (Å²) in [6.07, 6.45) is 1.57. The maximum atomic E-state index is 12.7. The summed E-state index contributed by atoms with van der Waals surface area (Å²) >= 11 is 6.25. The largest absolute Gasteiger partial charge is 0.491 e. The van der Waals surface area contributed by atoms with Crippen LogP contribution in [-0.4, -0.2) is 30.6 Å². The van der Waals surface area contributed by atoms with Crippen molar-refractivity contribution >= 4 is 29.6 Å². The number of halogens is 1. The summed E-state index contributed by atoms with van der Waals surface area (Å²) in [6, 6.07) is 10.6. The van der Waals surface area contributed by atoms with Crippen molar-refractivity contribution in [2.24, 2.45) is 0 Å². The zero-order valence-corrected chi connectivity index (χ0v) is 16.7. The molecule has 3 rings (SSSR count). The van der Waals surface area contributed by atoms with E-state index in [9.17, 15) is 9.59 Å². The summed E-state index contributed by atoms with van der Waals surface area (Å²) in [6.45, 7) is 4.45. The van der Waals surface area contributed by atoms with Gasteiger partial charge in [0.05, 0.1) is 25.3 Å². The third-order valence-electron chi connectivity index (χ3n) is 4.23. The SMILES string of the molecule is CCOc1cc(/C=C2/NC(=O)N(Cc3cccc(C)c3)C2=O)cc(Cl)c1OC. The van der Waals surface area contributed by atoms with Gasteiger partial charge in [0.1, 0.15) is 5.70 Å². The van der Waals surface area contributed by atoms with Crippen LogP contribution < -0.4 is 14.8 Å². The highest BCUT2D eigenvalue weighted by Crippen LogP contribution is 2.37. The van der Waals surface area contributed by atoms with Crippen LogP contribution in [0, 0.1) is 6.92 Å². The second-order valence-electron chi connectivity index (χ2n) is 6.34. The molecule has 2 aromatic carbocycles. The van der Waals surface area contributed by atoms with Gasteiger partial charge in [0, 0.05) is 0 Å². The molecule has 1 fully saturated rings. The molecule has 146 valence electrons. The number of urea groups is 1. The molecule has 0 atom stereocenters. The van der Waals surface area contributed by atoms with E-state index in [1.54, 1.807) is 18.2 Å². The van der Waals surface area contributed by atoms with Crippen LogP contribution in [0.4, 0.5) is 4.79 Å². The second-order valence-corrected chi connectivity index (χ2v) is 6.74. The number of imide groups is 1. The van der Waals surface area contributed by atoms with Gasteiger partial charge in [-0.05, 0) is 43.2 Å². The maximum Gasteiger partial charge on any atom is 0.329 e. The fourth-order valence-electron chi connectivity index (χ4n) is 3.01. The topological polar surface area (TPSA) is 67.9 Å². The molecule has 3 amide bonds. The Labute approximate surface area is 168 Å². The van der Waals surface area contributed by atoms with Crippen molar-refractivity contribution in [3.8, 4) is 11.5 Å². The summed E-state index contributed by atoms with van der Waals surface area (Å²) in [5.74, 6) is 0.502. The average Bonchev–Trinajstić information content (AvgIpc) is 2.89. The molecule has 0 unspecified atom stereocenters. The van der Waals surface area contributed by atoms with Crippen LogP contribution in [0.5, 0.6) is 11.5 Å². The molecule has 1 saturated heterocycles. The lowest BCUT2D eigenvalue weighted by Gasteiger charge is -2.12. The average molecular weight is 401 g/mol. The molecule has 7 heteroatoms. The first kappa shape index (κ1) is 19.8. The third kappa shape index (κ3) is 4.12. The number of rotatable bonds is 6. The van der Waals surface area contributed by atoms with Gasteiger partial charge in [0.15, 0.2) is 11.5 Å². The van der Waals surface area contributed by atoms with E-state index in [0.29, 0.717) is 28.7 Å². The molecular weight excluding hydrogens is 380 g/mol. The minimum Gasteiger partial charge on any atom is -0.491 e. The number of aryl methyl sites for hydroxylation is 1. The first-order valence-electron chi connectivity index (χ1n) is 8.83. The van der Waals surface area contributed by atoms with Gasteiger partial charge < -0.3 is 14.8 Å². The van der Waals surface area contributed by atoms with E-state index in [0.717, 1.165) is 11.1 Å². The van der Waals surface area contributed by atoms with Gasteiger partial charge in [-0.1, -0.05) is 41.4 Å². The molecule has 1 heterocycles. The zero-order valence-electron chi connectivity index (χ0n) is 15.9. The fraction of sp³-hybridized carbons (Fsp3) is 0.238. The summed E-state index contributed by atoms with van der Waals surface area (Å²) in [5.41, 5.74) is 2.75. The van der Waals surface area contributed by atoms with Crippen molar-refractivity contribution in [2.45, 2.75) is 20.4 Å². The second kappa shape index (κ2) is 8.35. The van der Waals surface area contributed by atoms with Crippen molar-refractivity contribution in [1.29, 1.82) is 0 Å².